The number of aromatic nitrogens is 2. The van der Waals surface area contributed by atoms with Crippen LogP contribution in [0.5, 0.6) is 0 Å². The number of ketones is 1. The Bertz CT molecular complexity index is 1490. The van der Waals surface area contributed by atoms with Gasteiger partial charge in [-0.15, -0.1) is 0 Å². The van der Waals surface area contributed by atoms with Crippen LogP contribution in [0.25, 0.3) is 28.5 Å². The van der Waals surface area contributed by atoms with Crippen LogP contribution in [0, 0.1) is 11.6 Å². The molecule has 7 nitrogen and oxygen atoms in total. The molecule has 3 aromatic carbocycles. The van der Waals surface area contributed by atoms with E-state index in [-0.39, 0.29) is 22.3 Å². The Kier molecular flexibility index (Phi) is 6.32. The van der Waals surface area contributed by atoms with E-state index in [0.29, 0.717) is 22.4 Å². The summed E-state index contributed by atoms with van der Waals surface area (Å²) in [6.45, 7) is 0. The molecule has 9 heteroatoms. The van der Waals surface area contributed by atoms with Crippen LogP contribution in [0.4, 0.5) is 8.78 Å². The molecule has 0 radical (unpaired) electrons. The van der Waals surface area contributed by atoms with Gasteiger partial charge in [-0.05, 0) is 65.2 Å². The van der Waals surface area contributed by atoms with E-state index in [1.807, 2.05) is 0 Å². The fraction of sp³-hybridized carbons (Fsp3) is 0. The van der Waals surface area contributed by atoms with E-state index in [9.17, 15) is 33.4 Å². The lowest BCUT2D eigenvalue weighted by molar-refractivity contribution is 0.0685. The first kappa shape index (κ1) is 23.2. The highest BCUT2D eigenvalue weighted by Crippen LogP contribution is 2.26. The molecule has 1 aromatic heterocycles. The Labute approximate surface area is 197 Å². The van der Waals surface area contributed by atoms with Crippen molar-refractivity contribution in [2.24, 2.45) is 0 Å². The third kappa shape index (κ3) is 4.88. The zero-order valence-corrected chi connectivity index (χ0v) is 17.8. The van der Waals surface area contributed by atoms with E-state index in [4.69, 9.17) is 0 Å². The zero-order valence-electron chi connectivity index (χ0n) is 17.8. The van der Waals surface area contributed by atoms with Gasteiger partial charge in [0, 0.05) is 17.3 Å². The van der Waals surface area contributed by atoms with Crippen molar-refractivity contribution in [1.29, 1.82) is 0 Å². The van der Waals surface area contributed by atoms with E-state index >= 15 is 0 Å². The molecule has 0 atom stereocenters. The molecule has 4 rings (SSSR count). The Morgan fingerprint density at radius 1 is 0.743 bits per heavy atom. The van der Waals surface area contributed by atoms with Crippen LogP contribution in [0.15, 0.2) is 72.9 Å². The molecule has 0 unspecified atom stereocenters. The molecule has 0 saturated heterocycles. The van der Waals surface area contributed by atoms with E-state index in [1.54, 1.807) is 12.1 Å². The lowest BCUT2D eigenvalue weighted by Gasteiger charge is -2.08. The Morgan fingerprint density at radius 2 is 1.40 bits per heavy atom. The third-order valence-electron chi connectivity index (χ3n) is 5.28. The van der Waals surface area contributed by atoms with Gasteiger partial charge in [0.05, 0.1) is 16.8 Å². The maximum absolute atomic E-state index is 13.7. The van der Waals surface area contributed by atoms with Gasteiger partial charge in [0.1, 0.15) is 0 Å². The Hall–Kier alpha value is -4.92. The van der Waals surface area contributed by atoms with Crippen molar-refractivity contribution in [1.82, 2.24) is 10.2 Å². The highest BCUT2D eigenvalue weighted by Gasteiger charge is 2.17. The van der Waals surface area contributed by atoms with Crippen LogP contribution in [0.1, 0.15) is 36.6 Å². The number of carbonyl (C=O) groups excluding carboxylic acids is 1. The van der Waals surface area contributed by atoms with Crippen LogP contribution < -0.4 is 0 Å². The lowest BCUT2D eigenvalue weighted by Crippen LogP contribution is -2.07. The number of carboxylic acids is 2. The van der Waals surface area contributed by atoms with Gasteiger partial charge in [-0.3, -0.25) is 9.89 Å². The van der Waals surface area contributed by atoms with Crippen LogP contribution in [0.2, 0.25) is 0 Å². The molecule has 1 heterocycles. The first-order valence-electron chi connectivity index (χ1n) is 10.2. The summed E-state index contributed by atoms with van der Waals surface area (Å²) in [7, 11) is 0. The summed E-state index contributed by atoms with van der Waals surface area (Å²) in [5, 5.41) is 25.7. The highest BCUT2D eigenvalue weighted by molar-refractivity contribution is 6.13. The number of benzene rings is 3. The predicted molar refractivity (Wildman–Crippen MR) is 123 cm³/mol. The summed E-state index contributed by atoms with van der Waals surface area (Å²) < 4.78 is 26.9. The second-order valence-corrected chi connectivity index (χ2v) is 7.47. The summed E-state index contributed by atoms with van der Waals surface area (Å²) in [5.41, 5.74) is 1.47. The molecule has 0 fully saturated rings. The molecule has 0 aliphatic heterocycles. The fourth-order valence-electron chi connectivity index (χ4n) is 3.53. The van der Waals surface area contributed by atoms with Crippen LogP contribution in [-0.2, 0) is 0 Å². The van der Waals surface area contributed by atoms with Gasteiger partial charge >= 0.3 is 11.9 Å². The largest absolute Gasteiger partial charge is 0.478 e. The van der Waals surface area contributed by atoms with Gasteiger partial charge in [-0.1, -0.05) is 24.3 Å². The number of hydrogen-bond acceptors (Lipinski definition) is 4. The molecule has 174 valence electrons. The summed E-state index contributed by atoms with van der Waals surface area (Å²) in [4.78, 5) is 36.3. The Morgan fingerprint density at radius 3 is 2.06 bits per heavy atom. The number of allylic oxidation sites excluding steroid dienone is 1. The van der Waals surface area contributed by atoms with Gasteiger partial charge in [0.15, 0.2) is 17.4 Å². The zero-order chi connectivity index (χ0) is 25.1. The summed E-state index contributed by atoms with van der Waals surface area (Å²) in [6.07, 6.45) is 3.81. The van der Waals surface area contributed by atoms with Crippen LogP contribution in [-0.4, -0.2) is 38.1 Å². The molecule has 0 bridgehead atoms. The number of carbonyl (C=O) groups is 3. The molecular formula is C26H16F2N2O5. The molecule has 3 N–H and O–H groups in total. The van der Waals surface area contributed by atoms with Gasteiger partial charge in [-0.2, -0.15) is 5.10 Å². The number of aromatic amines is 1. The first-order valence-corrected chi connectivity index (χ1v) is 10.2. The first-order chi connectivity index (χ1) is 16.7. The minimum absolute atomic E-state index is 0.0920. The molecule has 0 saturated carbocycles. The van der Waals surface area contributed by atoms with Gasteiger partial charge in [-0.25, -0.2) is 18.4 Å². The molecule has 0 aliphatic rings. The number of nitrogens with one attached hydrogen (secondary N) is 1. The molecule has 0 amide bonds. The van der Waals surface area contributed by atoms with E-state index in [1.165, 1.54) is 48.7 Å². The van der Waals surface area contributed by atoms with Crippen LogP contribution in [0.3, 0.4) is 0 Å². The smallest absolute Gasteiger partial charge is 0.336 e. The third-order valence-corrected chi connectivity index (χ3v) is 5.28. The van der Waals surface area contributed by atoms with E-state index in [2.05, 4.69) is 10.2 Å². The summed E-state index contributed by atoms with van der Waals surface area (Å²) >= 11 is 0. The number of aromatic carboxylic acids is 2. The SMILES string of the molecule is O=C(O)c1ccc(-c2ccc(F)c(F)c2)cc1/C=C/C(=O)c1ccc(-c2ccn[nH]2)cc1C(=O)O. The van der Waals surface area contributed by atoms with Crippen molar-refractivity contribution in [2.45, 2.75) is 0 Å². The maximum Gasteiger partial charge on any atom is 0.336 e. The van der Waals surface area contributed by atoms with Crippen molar-refractivity contribution in [3.05, 3.63) is 107 Å². The van der Waals surface area contributed by atoms with Gasteiger partial charge in [0.2, 0.25) is 0 Å². The van der Waals surface area contributed by atoms with Crippen molar-refractivity contribution >= 4 is 23.8 Å². The lowest BCUT2D eigenvalue weighted by atomic mass is 9.96. The topological polar surface area (TPSA) is 120 Å². The van der Waals surface area contributed by atoms with Crippen molar-refractivity contribution in [2.75, 3.05) is 0 Å². The number of H-pyrrole nitrogens is 1. The van der Waals surface area contributed by atoms with Crippen molar-refractivity contribution < 1.29 is 33.4 Å². The van der Waals surface area contributed by atoms with Crippen molar-refractivity contribution in [3.63, 3.8) is 0 Å². The van der Waals surface area contributed by atoms with E-state index < -0.39 is 29.4 Å². The molecule has 0 aliphatic carbocycles. The molecule has 4 aromatic rings. The predicted octanol–water partition coefficient (Wildman–Crippen LogP) is 5.31. The monoisotopic (exact) mass is 474 g/mol. The average molecular weight is 474 g/mol. The van der Waals surface area contributed by atoms with E-state index in [0.717, 1.165) is 18.2 Å². The molecule has 35 heavy (non-hydrogen) atoms. The minimum Gasteiger partial charge on any atom is -0.478 e. The molecule has 0 spiro atoms. The normalized spacial score (nSPS) is 11.0. The van der Waals surface area contributed by atoms with Crippen molar-refractivity contribution in [3.8, 4) is 22.4 Å². The standard InChI is InChI=1S/C26H16F2N2O5/c27-21-7-3-15(13-22(21)28)14-1-5-18(25(32)33)16(11-14)4-8-24(31)19-6-2-17(12-20(19)26(34)35)23-9-10-29-30-23/h1-13H,(H,29,30)(H,32,33)(H,34,35)/b8-4+. The maximum atomic E-state index is 13.7. The second-order valence-electron chi connectivity index (χ2n) is 7.47. The number of hydrogen-bond donors (Lipinski definition) is 3. The second kappa shape index (κ2) is 9.52. The molecular weight excluding hydrogens is 458 g/mol. The Balaban J connectivity index is 1.71. The number of carboxylic acid groups (broad SMARTS) is 2. The number of nitrogens with zero attached hydrogens (tertiary/aromatic N) is 1. The number of rotatable bonds is 7. The van der Waals surface area contributed by atoms with Gasteiger partial charge < -0.3 is 10.2 Å². The van der Waals surface area contributed by atoms with Crippen LogP contribution >= 0.6 is 0 Å². The van der Waals surface area contributed by atoms with Gasteiger partial charge in [0.25, 0.3) is 0 Å². The summed E-state index contributed by atoms with van der Waals surface area (Å²) in [6, 6.07) is 13.3. The highest BCUT2D eigenvalue weighted by atomic mass is 19.2. The average Bonchev–Trinajstić information content (AvgIpc) is 3.38. The minimum atomic E-state index is -1.31. The number of halogens is 2. The fourth-order valence-corrected chi connectivity index (χ4v) is 3.53. The quantitative estimate of drug-likeness (QED) is 0.246. The summed E-state index contributed by atoms with van der Waals surface area (Å²) in [5.74, 6) is -5.31.